The molecule has 0 unspecified atom stereocenters. The molecule has 0 bridgehead atoms. The summed E-state index contributed by atoms with van der Waals surface area (Å²) >= 11 is 0. The second kappa shape index (κ2) is 7.26. The highest BCUT2D eigenvalue weighted by atomic mass is 16.5. The Morgan fingerprint density at radius 3 is 2.46 bits per heavy atom. The average Bonchev–Trinajstić information content (AvgIpc) is 3.25. The van der Waals surface area contributed by atoms with Gasteiger partial charge in [-0.15, -0.1) is 0 Å². The Kier molecular flexibility index (Phi) is 4.78. The second-order valence-corrected chi connectivity index (χ2v) is 7.43. The zero-order valence-electron chi connectivity index (χ0n) is 16.3. The molecule has 0 aliphatic heterocycles. The van der Waals surface area contributed by atoms with Crippen LogP contribution < -0.4 is 11.0 Å². The van der Waals surface area contributed by atoms with Gasteiger partial charge in [-0.05, 0) is 31.9 Å². The van der Waals surface area contributed by atoms with E-state index in [1.807, 2.05) is 31.2 Å². The van der Waals surface area contributed by atoms with Crippen LogP contribution in [0, 0.1) is 6.92 Å². The lowest BCUT2D eigenvalue weighted by Crippen LogP contribution is -2.49. The van der Waals surface area contributed by atoms with Gasteiger partial charge in [-0.1, -0.05) is 36.6 Å². The third kappa shape index (κ3) is 3.12. The highest BCUT2D eigenvalue weighted by molar-refractivity contribution is 5.81. The van der Waals surface area contributed by atoms with E-state index in [1.54, 1.807) is 11.5 Å². The van der Waals surface area contributed by atoms with Crippen LogP contribution in [0.15, 0.2) is 33.6 Å². The lowest BCUT2D eigenvalue weighted by atomic mass is 9.81. The summed E-state index contributed by atoms with van der Waals surface area (Å²) in [5.41, 5.74) is 0.799. The van der Waals surface area contributed by atoms with Crippen molar-refractivity contribution in [1.82, 2.24) is 24.6 Å². The number of para-hydroxylation sites is 2. The van der Waals surface area contributed by atoms with E-state index in [-0.39, 0.29) is 18.1 Å². The smallest absolute Gasteiger partial charge is 0.329 e. The summed E-state index contributed by atoms with van der Waals surface area (Å²) in [5.74, 6) is 0.795. The van der Waals surface area contributed by atoms with Crippen molar-refractivity contribution < 1.29 is 9.32 Å². The van der Waals surface area contributed by atoms with Gasteiger partial charge >= 0.3 is 5.69 Å². The van der Waals surface area contributed by atoms with E-state index in [0.717, 1.165) is 43.1 Å². The summed E-state index contributed by atoms with van der Waals surface area (Å²) < 4.78 is 8.38. The molecule has 148 valence electrons. The molecule has 1 amide bonds. The van der Waals surface area contributed by atoms with Crippen LogP contribution in [0.25, 0.3) is 11.0 Å². The summed E-state index contributed by atoms with van der Waals surface area (Å²) in [6.07, 6.45) is 4.64. The highest BCUT2D eigenvalue weighted by Crippen LogP contribution is 2.35. The quantitative estimate of drug-likeness (QED) is 0.730. The van der Waals surface area contributed by atoms with Gasteiger partial charge in [-0.25, -0.2) is 4.79 Å². The van der Waals surface area contributed by atoms with Crippen LogP contribution in [-0.2, 0) is 23.4 Å². The molecule has 1 aromatic carbocycles. The number of nitrogens with one attached hydrogen (secondary N) is 1. The van der Waals surface area contributed by atoms with Crippen molar-refractivity contribution in [3.05, 3.63) is 46.5 Å². The van der Waals surface area contributed by atoms with Crippen LogP contribution >= 0.6 is 0 Å². The Balaban J connectivity index is 1.64. The van der Waals surface area contributed by atoms with Crippen LogP contribution in [-0.4, -0.2) is 25.2 Å². The maximum absolute atomic E-state index is 13.0. The zero-order valence-corrected chi connectivity index (χ0v) is 16.3. The summed E-state index contributed by atoms with van der Waals surface area (Å²) in [5, 5.41) is 7.22. The molecule has 4 rings (SSSR count). The molecule has 0 spiro atoms. The first kappa shape index (κ1) is 18.5. The SMILES string of the molecule is CCn1c(=O)n(CC(=O)NC2(c3noc(C)n3)CCCCC2)c2ccccc21. The topological polar surface area (TPSA) is 95.0 Å². The van der Waals surface area contributed by atoms with Crippen LogP contribution in [0.1, 0.15) is 50.7 Å². The van der Waals surface area contributed by atoms with Crippen molar-refractivity contribution in [1.29, 1.82) is 0 Å². The average molecular weight is 383 g/mol. The summed E-state index contributed by atoms with van der Waals surface area (Å²) in [6, 6.07) is 7.54. The van der Waals surface area contributed by atoms with E-state index < -0.39 is 5.54 Å². The van der Waals surface area contributed by atoms with E-state index in [4.69, 9.17) is 4.52 Å². The number of carbonyl (C=O) groups excluding carboxylic acids is 1. The van der Waals surface area contributed by atoms with E-state index in [0.29, 0.717) is 18.3 Å². The number of nitrogens with zero attached hydrogens (tertiary/aromatic N) is 4. The van der Waals surface area contributed by atoms with E-state index in [9.17, 15) is 9.59 Å². The molecule has 8 heteroatoms. The second-order valence-electron chi connectivity index (χ2n) is 7.43. The summed E-state index contributed by atoms with van der Waals surface area (Å²) in [7, 11) is 0. The van der Waals surface area contributed by atoms with Crippen molar-refractivity contribution in [2.75, 3.05) is 0 Å². The van der Waals surface area contributed by atoms with Crippen LogP contribution in [0.3, 0.4) is 0 Å². The monoisotopic (exact) mass is 383 g/mol. The third-order valence-electron chi connectivity index (χ3n) is 5.58. The van der Waals surface area contributed by atoms with Gasteiger partial charge in [0.05, 0.1) is 11.0 Å². The maximum Gasteiger partial charge on any atom is 0.329 e. The van der Waals surface area contributed by atoms with Crippen molar-refractivity contribution in [3.8, 4) is 0 Å². The first-order chi connectivity index (χ1) is 13.5. The predicted molar refractivity (Wildman–Crippen MR) is 104 cm³/mol. The Hall–Kier alpha value is -2.90. The molecule has 1 N–H and O–H groups in total. The molecule has 2 aromatic heterocycles. The number of rotatable bonds is 5. The fourth-order valence-corrected chi connectivity index (χ4v) is 4.23. The Bertz CT molecular complexity index is 1060. The Morgan fingerprint density at radius 1 is 1.18 bits per heavy atom. The van der Waals surface area contributed by atoms with Crippen molar-refractivity contribution in [2.45, 2.75) is 64.6 Å². The number of benzene rings is 1. The zero-order chi connectivity index (χ0) is 19.7. The predicted octanol–water partition coefficient (Wildman–Crippen LogP) is 2.49. The van der Waals surface area contributed by atoms with E-state index >= 15 is 0 Å². The molecular formula is C20H25N5O3. The lowest BCUT2D eigenvalue weighted by Gasteiger charge is -2.35. The molecule has 1 aliphatic rings. The molecule has 3 aromatic rings. The number of fused-ring (bicyclic) bond motifs is 1. The van der Waals surface area contributed by atoms with Crippen molar-refractivity contribution in [3.63, 3.8) is 0 Å². The largest absolute Gasteiger partial charge is 0.342 e. The number of hydrogen-bond donors (Lipinski definition) is 1. The minimum atomic E-state index is -0.625. The summed E-state index contributed by atoms with van der Waals surface area (Å²) in [4.78, 5) is 30.2. The molecule has 28 heavy (non-hydrogen) atoms. The number of carbonyl (C=O) groups is 1. The van der Waals surface area contributed by atoms with Crippen LogP contribution in [0.2, 0.25) is 0 Å². The number of aryl methyl sites for hydroxylation is 2. The number of aromatic nitrogens is 4. The van der Waals surface area contributed by atoms with Gasteiger partial charge in [-0.2, -0.15) is 4.98 Å². The molecule has 1 fully saturated rings. The third-order valence-corrected chi connectivity index (χ3v) is 5.58. The fourth-order valence-electron chi connectivity index (χ4n) is 4.23. The molecule has 0 saturated heterocycles. The minimum absolute atomic E-state index is 0.0368. The first-order valence-electron chi connectivity index (χ1n) is 9.84. The number of hydrogen-bond acceptors (Lipinski definition) is 5. The fraction of sp³-hybridized carbons (Fsp3) is 0.500. The lowest BCUT2D eigenvalue weighted by molar-refractivity contribution is -0.124. The van der Waals surface area contributed by atoms with Crippen molar-refractivity contribution in [2.24, 2.45) is 0 Å². The normalized spacial score (nSPS) is 16.4. The Labute approximate surface area is 162 Å². The van der Waals surface area contributed by atoms with E-state index in [2.05, 4.69) is 15.5 Å². The summed E-state index contributed by atoms with van der Waals surface area (Å²) in [6.45, 7) is 4.19. The molecule has 8 nitrogen and oxygen atoms in total. The molecule has 0 atom stereocenters. The molecule has 0 radical (unpaired) electrons. The molecule has 2 heterocycles. The molecule has 1 aliphatic carbocycles. The Morgan fingerprint density at radius 2 is 1.86 bits per heavy atom. The first-order valence-corrected chi connectivity index (χ1v) is 9.84. The standard InChI is InChI=1S/C20H25N5O3/c1-3-24-15-9-5-6-10-16(15)25(19(24)27)13-17(26)22-20(11-7-4-8-12-20)18-21-14(2)28-23-18/h5-6,9-10H,3-4,7-8,11-13H2,1-2H3,(H,22,26). The van der Waals surface area contributed by atoms with Crippen molar-refractivity contribution >= 4 is 16.9 Å². The maximum atomic E-state index is 13.0. The minimum Gasteiger partial charge on any atom is -0.342 e. The van der Waals surface area contributed by atoms with Gasteiger partial charge in [0.15, 0.2) is 5.82 Å². The van der Waals surface area contributed by atoms with Gasteiger partial charge in [0, 0.05) is 13.5 Å². The van der Waals surface area contributed by atoms with Gasteiger partial charge in [0.25, 0.3) is 0 Å². The molecule has 1 saturated carbocycles. The number of amides is 1. The van der Waals surface area contributed by atoms with Crippen LogP contribution in [0.5, 0.6) is 0 Å². The van der Waals surface area contributed by atoms with Gasteiger partial charge in [0.2, 0.25) is 11.8 Å². The number of imidazole rings is 1. The van der Waals surface area contributed by atoms with E-state index in [1.165, 1.54) is 4.57 Å². The molecular weight excluding hydrogens is 358 g/mol. The highest BCUT2D eigenvalue weighted by Gasteiger charge is 2.39. The van der Waals surface area contributed by atoms with Gasteiger partial charge < -0.3 is 9.84 Å². The van der Waals surface area contributed by atoms with Gasteiger partial charge in [0.1, 0.15) is 12.1 Å². The van der Waals surface area contributed by atoms with Crippen LogP contribution in [0.4, 0.5) is 0 Å². The van der Waals surface area contributed by atoms with Gasteiger partial charge in [-0.3, -0.25) is 13.9 Å².